The number of nitro groups is 1. The van der Waals surface area contributed by atoms with Crippen LogP contribution in [0.5, 0.6) is 0 Å². The van der Waals surface area contributed by atoms with Gasteiger partial charge in [-0.05, 0) is 17.7 Å². The fraction of sp³-hybridized carbons (Fsp3) is 0.167. The molecule has 110 valence electrons. The van der Waals surface area contributed by atoms with Gasteiger partial charge >= 0.3 is 5.69 Å². The van der Waals surface area contributed by atoms with Crippen molar-refractivity contribution in [1.29, 1.82) is 0 Å². The summed E-state index contributed by atoms with van der Waals surface area (Å²) in [6, 6.07) is 7.23. The SMILES string of the molecule is CN(Cc1cccc(Cl)c1)c1nc(NN)ncc1[N+](=O)[O-]. The largest absolute Gasteiger partial charge is 0.349 e. The van der Waals surface area contributed by atoms with Crippen LogP contribution in [0, 0.1) is 10.1 Å². The minimum atomic E-state index is -0.538. The van der Waals surface area contributed by atoms with Gasteiger partial charge in [0.2, 0.25) is 11.8 Å². The molecule has 8 nitrogen and oxygen atoms in total. The van der Waals surface area contributed by atoms with Crippen LogP contribution in [0.15, 0.2) is 30.5 Å². The maximum atomic E-state index is 11.1. The lowest BCUT2D eigenvalue weighted by Gasteiger charge is -2.18. The quantitative estimate of drug-likeness (QED) is 0.493. The number of hydrazine groups is 1. The standard InChI is InChI=1S/C12H13ClN6O2/c1-18(7-8-3-2-4-9(13)5-8)11-10(19(20)21)6-15-12(16-11)17-14/h2-6H,7,14H2,1H3,(H,15,16,17). The number of aromatic nitrogens is 2. The highest BCUT2D eigenvalue weighted by molar-refractivity contribution is 6.30. The van der Waals surface area contributed by atoms with Gasteiger partial charge in [0.15, 0.2) is 0 Å². The Kier molecular flexibility index (Phi) is 4.51. The van der Waals surface area contributed by atoms with E-state index in [0.29, 0.717) is 11.6 Å². The zero-order valence-corrected chi connectivity index (χ0v) is 11.9. The minimum absolute atomic E-state index is 0.105. The van der Waals surface area contributed by atoms with Crippen LogP contribution >= 0.6 is 11.6 Å². The molecular formula is C12H13ClN6O2. The second-order valence-electron chi connectivity index (χ2n) is 4.29. The summed E-state index contributed by atoms with van der Waals surface area (Å²) in [5.41, 5.74) is 2.98. The highest BCUT2D eigenvalue weighted by atomic mass is 35.5. The fourth-order valence-corrected chi connectivity index (χ4v) is 2.04. The number of hydrogen-bond donors (Lipinski definition) is 2. The lowest BCUT2D eigenvalue weighted by molar-refractivity contribution is -0.384. The molecule has 0 aliphatic heterocycles. The molecule has 0 aliphatic rings. The van der Waals surface area contributed by atoms with Crippen molar-refractivity contribution in [3.63, 3.8) is 0 Å². The van der Waals surface area contributed by atoms with E-state index in [1.54, 1.807) is 24.1 Å². The van der Waals surface area contributed by atoms with Crippen LogP contribution in [0.3, 0.4) is 0 Å². The molecule has 2 aromatic rings. The van der Waals surface area contributed by atoms with Gasteiger partial charge in [-0.15, -0.1) is 0 Å². The molecule has 21 heavy (non-hydrogen) atoms. The van der Waals surface area contributed by atoms with Gasteiger partial charge in [0, 0.05) is 18.6 Å². The van der Waals surface area contributed by atoms with Crippen LogP contribution in [-0.4, -0.2) is 21.9 Å². The molecule has 0 bridgehead atoms. The first-order chi connectivity index (χ1) is 10.0. The molecule has 0 aliphatic carbocycles. The molecule has 0 saturated carbocycles. The summed E-state index contributed by atoms with van der Waals surface area (Å²) in [7, 11) is 1.69. The van der Waals surface area contributed by atoms with Crippen molar-refractivity contribution >= 4 is 29.1 Å². The first kappa shape index (κ1) is 14.9. The van der Waals surface area contributed by atoms with Crippen LogP contribution in [0.25, 0.3) is 0 Å². The van der Waals surface area contributed by atoms with Gasteiger partial charge in [-0.1, -0.05) is 23.7 Å². The van der Waals surface area contributed by atoms with Crippen molar-refractivity contribution in [1.82, 2.24) is 9.97 Å². The maximum absolute atomic E-state index is 11.1. The average molecular weight is 309 g/mol. The monoisotopic (exact) mass is 308 g/mol. The predicted molar refractivity (Wildman–Crippen MR) is 80.1 cm³/mol. The Labute approximate surface area is 125 Å². The van der Waals surface area contributed by atoms with Crippen LogP contribution < -0.4 is 16.2 Å². The van der Waals surface area contributed by atoms with Crippen molar-refractivity contribution in [2.45, 2.75) is 6.54 Å². The fourth-order valence-electron chi connectivity index (χ4n) is 1.83. The Balaban J connectivity index is 2.33. The molecule has 0 radical (unpaired) electrons. The van der Waals surface area contributed by atoms with Gasteiger partial charge < -0.3 is 4.90 Å². The van der Waals surface area contributed by atoms with Gasteiger partial charge in [-0.3, -0.25) is 15.5 Å². The van der Waals surface area contributed by atoms with Gasteiger partial charge in [0.1, 0.15) is 6.20 Å². The molecule has 9 heteroatoms. The van der Waals surface area contributed by atoms with E-state index < -0.39 is 4.92 Å². The number of rotatable bonds is 5. The maximum Gasteiger partial charge on any atom is 0.329 e. The van der Waals surface area contributed by atoms with Crippen LogP contribution in [0.4, 0.5) is 17.5 Å². The van der Waals surface area contributed by atoms with E-state index >= 15 is 0 Å². The van der Waals surface area contributed by atoms with Crippen LogP contribution in [-0.2, 0) is 6.54 Å². The molecular weight excluding hydrogens is 296 g/mol. The number of benzene rings is 1. The molecule has 1 heterocycles. The molecule has 3 N–H and O–H groups in total. The zero-order valence-electron chi connectivity index (χ0n) is 11.2. The van der Waals surface area contributed by atoms with Crippen molar-refractivity contribution in [3.8, 4) is 0 Å². The number of anilines is 2. The summed E-state index contributed by atoms with van der Waals surface area (Å²) >= 11 is 5.92. The van der Waals surface area contributed by atoms with E-state index in [0.717, 1.165) is 11.8 Å². The highest BCUT2D eigenvalue weighted by Crippen LogP contribution is 2.26. The molecule has 0 fully saturated rings. The molecule has 2 rings (SSSR count). The van der Waals surface area contributed by atoms with E-state index in [9.17, 15) is 10.1 Å². The topological polar surface area (TPSA) is 110 Å². The Hall–Kier alpha value is -2.45. The van der Waals surface area contributed by atoms with E-state index in [2.05, 4.69) is 15.4 Å². The van der Waals surface area contributed by atoms with E-state index in [1.807, 2.05) is 12.1 Å². The smallest absolute Gasteiger partial charge is 0.329 e. The Morgan fingerprint density at radius 3 is 2.90 bits per heavy atom. The summed E-state index contributed by atoms with van der Waals surface area (Å²) in [5.74, 6) is 5.51. The first-order valence-corrected chi connectivity index (χ1v) is 6.32. The Morgan fingerprint density at radius 2 is 2.29 bits per heavy atom. The summed E-state index contributed by atoms with van der Waals surface area (Å²) < 4.78 is 0. The van der Waals surface area contributed by atoms with Gasteiger partial charge in [0.05, 0.1) is 4.92 Å². The van der Waals surface area contributed by atoms with E-state index in [4.69, 9.17) is 17.4 Å². The number of nitrogens with zero attached hydrogens (tertiary/aromatic N) is 4. The van der Waals surface area contributed by atoms with E-state index in [1.165, 1.54) is 0 Å². The lowest BCUT2D eigenvalue weighted by atomic mass is 10.2. The number of halogens is 1. The third-order valence-electron chi connectivity index (χ3n) is 2.75. The van der Waals surface area contributed by atoms with Crippen molar-refractivity contribution in [3.05, 3.63) is 51.2 Å². The number of hydrogen-bond acceptors (Lipinski definition) is 7. The average Bonchev–Trinajstić information content (AvgIpc) is 2.46. The lowest BCUT2D eigenvalue weighted by Crippen LogP contribution is -2.21. The summed E-state index contributed by atoms with van der Waals surface area (Å²) in [4.78, 5) is 19.9. The minimum Gasteiger partial charge on any atom is -0.349 e. The third kappa shape index (κ3) is 3.56. The first-order valence-electron chi connectivity index (χ1n) is 5.95. The Bertz CT molecular complexity index is 666. The molecule has 0 unspecified atom stereocenters. The number of nitrogens with two attached hydrogens (primary N) is 1. The summed E-state index contributed by atoms with van der Waals surface area (Å²) in [6.45, 7) is 0.405. The summed E-state index contributed by atoms with van der Waals surface area (Å²) in [6.07, 6.45) is 1.12. The second kappa shape index (κ2) is 6.33. The molecule has 0 spiro atoms. The Morgan fingerprint density at radius 1 is 1.52 bits per heavy atom. The molecule has 1 aromatic carbocycles. The van der Waals surface area contributed by atoms with Crippen molar-refractivity contribution in [2.75, 3.05) is 17.4 Å². The van der Waals surface area contributed by atoms with Gasteiger partial charge in [0.25, 0.3) is 0 Å². The second-order valence-corrected chi connectivity index (χ2v) is 4.73. The number of nitrogens with one attached hydrogen (secondary N) is 1. The van der Waals surface area contributed by atoms with E-state index in [-0.39, 0.29) is 17.5 Å². The normalized spacial score (nSPS) is 10.2. The summed E-state index contributed by atoms with van der Waals surface area (Å²) in [5, 5.41) is 11.7. The van der Waals surface area contributed by atoms with Crippen LogP contribution in [0.1, 0.15) is 5.56 Å². The molecule has 0 amide bonds. The molecule has 0 atom stereocenters. The zero-order chi connectivity index (χ0) is 15.4. The highest BCUT2D eigenvalue weighted by Gasteiger charge is 2.20. The molecule has 1 aromatic heterocycles. The third-order valence-corrected chi connectivity index (χ3v) is 2.98. The number of nitrogen functional groups attached to an aromatic ring is 1. The molecule has 0 saturated heterocycles. The van der Waals surface area contributed by atoms with Gasteiger partial charge in [-0.2, -0.15) is 4.98 Å². The van der Waals surface area contributed by atoms with Gasteiger partial charge in [-0.25, -0.2) is 10.8 Å². The predicted octanol–water partition coefficient (Wildman–Crippen LogP) is 1.96. The van der Waals surface area contributed by atoms with Crippen molar-refractivity contribution in [2.24, 2.45) is 5.84 Å². The van der Waals surface area contributed by atoms with Crippen LogP contribution in [0.2, 0.25) is 5.02 Å². The van der Waals surface area contributed by atoms with Crippen molar-refractivity contribution < 1.29 is 4.92 Å².